The van der Waals surface area contributed by atoms with E-state index in [0.717, 1.165) is 16.1 Å². The van der Waals surface area contributed by atoms with Crippen LogP contribution >= 0.6 is 0 Å². The van der Waals surface area contributed by atoms with Gasteiger partial charge < -0.3 is 15.0 Å². The minimum absolute atomic E-state index is 0.0873. The first kappa shape index (κ1) is 29.8. The van der Waals surface area contributed by atoms with Crippen LogP contribution in [0, 0.1) is 0 Å². The lowest BCUT2D eigenvalue weighted by molar-refractivity contribution is -0.141. The van der Waals surface area contributed by atoms with Crippen molar-refractivity contribution < 1.29 is 27.5 Å². The SMILES string of the molecule is CCC(C(=O)NC(C)(C)C)N(Cc1ccc(OC)cc1)C(=O)CN(c1cccc(C(C)=O)c1)S(C)(=O)=O. The number of hydrogen-bond acceptors (Lipinski definition) is 6. The Morgan fingerprint density at radius 2 is 1.68 bits per heavy atom. The molecule has 0 saturated heterocycles. The van der Waals surface area contributed by atoms with Crippen LogP contribution in [0.2, 0.25) is 0 Å². The summed E-state index contributed by atoms with van der Waals surface area (Å²) in [6, 6.07) is 12.4. The minimum atomic E-state index is -3.89. The van der Waals surface area contributed by atoms with Crippen molar-refractivity contribution in [3.63, 3.8) is 0 Å². The zero-order valence-corrected chi connectivity index (χ0v) is 23.4. The van der Waals surface area contributed by atoms with Gasteiger partial charge in [-0.15, -0.1) is 0 Å². The molecule has 2 rings (SSSR count). The topological polar surface area (TPSA) is 113 Å². The van der Waals surface area contributed by atoms with Crippen molar-refractivity contribution in [2.75, 3.05) is 24.2 Å². The highest BCUT2D eigenvalue weighted by Gasteiger charge is 2.33. The van der Waals surface area contributed by atoms with Crippen molar-refractivity contribution in [1.82, 2.24) is 10.2 Å². The Labute approximate surface area is 219 Å². The number of ketones is 1. The molecule has 37 heavy (non-hydrogen) atoms. The molecule has 0 aromatic heterocycles. The molecule has 0 fully saturated rings. The highest BCUT2D eigenvalue weighted by Crippen LogP contribution is 2.22. The Morgan fingerprint density at radius 3 is 2.16 bits per heavy atom. The molecule has 0 saturated carbocycles. The number of amides is 2. The second-order valence-corrected chi connectivity index (χ2v) is 11.8. The van der Waals surface area contributed by atoms with E-state index in [0.29, 0.717) is 17.7 Å². The predicted octanol–water partition coefficient (Wildman–Crippen LogP) is 3.39. The summed E-state index contributed by atoms with van der Waals surface area (Å²) >= 11 is 0. The highest BCUT2D eigenvalue weighted by molar-refractivity contribution is 7.92. The smallest absolute Gasteiger partial charge is 0.244 e. The Morgan fingerprint density at radius 1 is 1.05 bits per heavy atom. The normalized spacial score (nSPS) is 12.4. The average Bonchev–Trinajstić information content (AvgIpc) is 2.80. The van der Waals surface area contributed by atoms with Gasteiger partial charge in [-0.2, -0.15) is 0 Å². The molecule has 10 heteroatoms. The average molecular weight is 532 g/mol. The van der Waals surface area contributed by atoms with Gasteiger partial charge in [-0.3, -0.25) is 18.7 Å². The number of anilines is 1. The van der Waals surface area contributed by atoms with E-state index in [1.807, 2.05) is 20.8 Å². The first-order valence-electron chi connectivity index (χ1n) is 12.0. The van der Waals surface area contributed by atoms with Gasteiger partial charge in [0.05, 0.1) is 19.1 Å². The Balaban J connectivity index is 2.49. The van der Waals surface area contributed by atoms with E-state index in [1.165, 1.54) is 24.0 Å². The molecule has 1 N–H and O–H groups in total. The van der Waals surface area contributed by atoms with E-state index in [1.54, 1.807) is 50.4 Å². The maximum Gasteiger partial charge on any atom is 0.244 e. The summed E-state index contributed by atoms with van der Waals surface area (Å²) in [4.78, 5) is 40.2. The Kier molecular flexibility index (Phi) is 9.86. The minimum Gasteiger partial charge on any atom is -0.497 e. The van der Waals surface area contributed by atoms with Gasteiger partial charge in [-0.05, 0) is 63.9 Å². The molecule has 202 valence electrons. The number of Topliss-reactive ketones (excluding diaryl/α,β-unsaturated/α-hetero) is 1. The van der Waals surface area contributed by atoms with Gasteiger partial charge in [0.1, 0.15) is 18.3 Å². The fourth-order valence-corrected chi connectivity index (χ4v) is 4.64. The number of methoxy groups -OCH3 is 1. The molecule has 0 spiro atoms. The number of nitrogens with zero attached hydrogens (tertiary/aromatic N) is 2. The summed E-state index contributed by atoms with van der Waals surface area (Å²) in [7, 11) is -2.34. The third-order valence-electron chi connectivity index (χ3n) is 5.62. The van der Waals surface area contributed by atoms with E-state index < -0.39 is 34.1 Å². The third kappa shape index (κ3) is 8.59. The van der Waals surface area contributed by atoms with Crippen molar-refractivity contribution in [2.45, 2.75) is 59.2 Å². The molecule has 2 aromatic rings. The summed E-state index contributed by atoms with van der Waals surface area (Å²) in [5, 5.41) is 2.92. The fraction of sp³-hybridized carbons (Fsp3) is 0.444. The van der Waals surface area contributed by atoms with Crippen LogP contribution in [0.1, 0.15) is 57.0 Å². The van der Waals surface area contributed by atoms with Crippen molar-refractivity contribution in [3.05, 3.63) is 59.7 Å². The first-order valence-corrected chi connectivity index (χ1v) is 13.8. The van der Waals surface area contributed by atoms with Gasteiger partial charge in [0.2, 0.25) is 21.8 Å². The molecule has 0 bridgehead atoms. The van der Waals surface area contributed by atoms with Gasteiger partial charge in [-0.1, -0.05) is 31.2 Å². The Hall–Kier alpha value is -3.40. The van der Waals surface area contributed by atoms with Crippen LogP contribution in [-0.4, -0.2) is 62.4 Å². The highest BCUT2D eigenvalue weighted by atomic mass is 32.2. The van der Waals surface area contributed by atoms with E-state index in [9.17, 15) is 22.8 Å². The van der Waals surface area contributed by atoms with Gasteiger partial charge in [0.15, 0.2) is 5.78 Å². The van der Waals surface area contributed by atoms with Gasteiger partial charge >= 0.3 is 0 Å². The van der Waals surface area contributed by atoms with Crippen molar-refractivity contribution in [3.8, 4) is 5.75 Å². The molecule has 2 amide bonds. The van der Waals surface area contributed by atoms with Crippen LogP contribution in [0.3, 0.4) is 0 Å². The molecule has 1 unspecified atom stereocenters. The number of hydrogen-bond donors (Lipinski definition) is 1. The van der Waals surface area contributed by atoms with E-state index in [4.69, 9.17) is 4.74 Å². The number of nitrogens with one attached hydrogen (secondary N) is 1. The second-order valence-electron chi connectivity index (χ2n) is 9.91. The van der Waals surface area contributed by atoms with Crippen LogP contribution in [-0.2, 0) is 26.2 Å². The lowest BCUT2D eigenvalue weighted by Gasteiger charge is -2.34. The van der Waals surface area contributed by atoms with E-state index in [-0.39, 0.29) is 23.9 Å². The molecule has 0 aliphatic carbocycles. The monoisotopic (exact) mass is 531 g/mol. The third-order valence-corrected chi connectivity index (χ3v) is 6.76. The number of rotatable bonds is 11. The van der Waals surface area contributed by atoms with Crippen LogP contribution in [0.4, 0.5) is 5.69 Å². The number of benzene rings is 2. The van der Waals surface area contributed by atoms with Crippen LogP contribution < -0.4 is 14.4 Å². The summed E-state index contributed by atoms with van der Waals surface area (Å²) in [6.45, 7) is 8.28. The molecular formula is C27H37N3O6S. The van der Waals surface area contributed by atoms with Crippen molar-refractivity contribution in [2.24, 2.45) is 0 Å². The van der Waals surface area contributed by atoms with Crippen LogP contribution in [0.15, 0.2) is 48.5 Å². The zero-order chi connectivity index (χ0) is 28.0. The standard InChI is InChI=1S/C27H37N3O6S/c1-8-24(26(33)28-27(3,4)5)29(17-20-12-14-23(36-6)15-13-20)25(32)18-30(37(7,34)35)22-11-9-10-21(16-22)19(2)31/h9-16,24H,8,17-18H2,1-7H3,(H,28,33). The maximum atomic E-state index is 13.7. The van der Waals surface area contributed by atoms with Crippen LogP contribution in [0.25, 0.3) is 0 Å². The molecule has 0 aliphatic rings. The van der Waals surface area contributed by atoms with Crippen molar-refractivity contribution in [1.29, 1.82) is 0 Å². The zero-order valence-electron chi connectivity index (χ0n) is 22.6. The lowest BCUT2D eigenvalue weighted by atomic mass is 10.1. The predicted molar refractivity (Wildman–Crippen MR) is 144 cm³/mol. The van der Waals surface area contributed by atoms with Gasteiger partial charge in [-0.25, -0.2) is 8.42 Å². The fourth-order valence-electron chi connectivity index (χ4n) is 3.79. The number of carbonyl (C=O) groups excluding carboxylic acids is 3. The number of carbonyl (C=O) groups is 3. The summed E-state index contributed by atoms with van der Waals surface area (Å²) in [5.41, 5.74) is 0.746. The van der Waals surface area contributed by atoms with Gasteiger partial charge in [0.25, 0.3) is 0 Å². The largest absolute Gasteiger partial charge is 0.497 e. The summed E-state index contributed by atoms with van der Waals surface area (Å²) in [6.07, 6.45) is 1.32. The summed E-state index contributed by atoms with van der Waals surface area (Å²) in [5.74, 6) is -0.466. The number of ether oxygens (including phenoxy) is 1. The number of sulfonamides is 1. The van der Waals surface area contributed by atoms with Crippen molar-refractivity contribution >= 4 is 33.3 Å². The molecule has 1 atom stereocenters. The quantitative estimate of drug-likeness (QED) is 0.445. The molecule has 0 aliphatic heterocycles. The molecule has 9 nitrogen and oxygen atoms in total. The van der Waals surface area contributed by atoms with Gasteiger partial charge in [0, 0.05) is 17.6 Å². The maximum absolute atomic E-state index is 13.7. The van der Waals surface area contributed by atoms with Crippen LogP contribution in [0.5, 0.6) is 5.75 Å². The molecule has 0 radical (unpaired) electrons. The van der Waals surface area contributed by atoms with E-state index >= 15 is 0 Å². The molecule has 0 heterocycles. The summed E-state index contributed by atoms with van der Waals surface area (Å²) < 4.78 is 31.6. The molecule has 2 aromatic carbocycles. The Bertz CT molecular complexity index is 1220. The first-order chi connectivity index (χ1) is 17.2. The lowest BCUT2D eigenvalue weighted by Crippen LogP contribution is -2.55. The second kappa shape index (κ2) is 12.2. The molecular weight excluding hydrogens is 494 g/mol. The van der Waals surface area contributed by atoms with E-state index in [2.05, 4.69) is 5.32 Å².